The van der Waals surface area contributed by atoms with E-state index < -0.39 is 5.91 Å². The van der Waals surface area contributed by atoms with E-state index in [0.717, 1.165) is 53.3 Å². The summed E-state index contributed by atoms with van der Waals surface area (Å²) in [5, 5.41) is 14.8. The highest BCUT2D eigenvalue weighted by Crippen LogP contribution is 2.39. The second-order valence-corrected chi connectivity index (χ2v) is 12.9. The molecule has 1 aliphatic heterocycles. The van der Waals surface area contributed by atoms with Crippen LogP contribution in [0.5, 0.6) is 0 Å². The molecule has 1 saturated heterocycles. The number of nitrogens with one attached hydrogen (secondary N) is 2. The summed E-state index contributed by atoms with van der Waals surface area (Å²) in [4.78, 5) is 36.3. The number of nitrogens with zero attached hydrogens (tertiary/aromatic N) is 5. The number of quaternary nitrogens is 1. The minimum Gasteiger partial charge on any atom is -0.439 e. The Kier molecular flexibility index (Phi) is 7.19. The molecule has 1 amide bonds. The zero-order valence-electron chi connectivity index (χ0n) is 25.1. The molecule has 5 aromatic heterocycles. The third-order valence-corrected chi connectivity index (χ3v) is 10.2. The summed E-state index contributed by atoms with van der Waals surface area (Å²) in [6.45, 7) is 2.52. The minimum absolute atomic E-state index is 0.0577. The van der Waals surface area contributed by atoms with Gasteiger partial charge in [0.25, 0.3) is 5.91 Å². The molecule has 0 radical (unpaired) electrons. The van der Waals surface area contributed by atoms with Crippen LogP contribution in [-0.2, 0) is 11.2 Å². The van der Waals surface area contributed by atoms with Crippen LogP contribution in [0, 0.1) is 0 Å². The first kappa shape index (κ1) is 28.7. The van der Waals surface area contributed by atoms with Crippen molar-refractivity contribution in [3.63, 3.8) is 0 Å². The number of hydrogen-bond donors (Lipinski definition) is 4. The predicted molar refractivity (Wildman–Crippen MR) is 175 cm³/mol. The van der Waals surface area contributed by atoms with Crippen molar-refractivity contribution in [2.75, 3.05) is 36.5 Å². The predicted octanol–water partition coefficient (Wildman–Crippen LogP) is 2.93. The fourth-order valence-corrected chi connectivity index (χ4v) is 7.71. The molecule has 0 unspecified atom stereocenters. The van der Waals surface area contributed by atoms with Gasteiger partial charge in [0.05, 0.1) is 24.9 Å². The number of carbonyl (C=O) groups is 1. The van der Waals surface area contributed by atoms with Gasteiger partial charge in [-0.25, -0.2) is 4.98 Å². The smallest absolute Gasteiger partial charge is 0.254 e. The van der Waals surface area contributed by atoms with E-state index in [1.807, 2.05) is 34.7 Å². The normalized spacial score (nSPS) is 18.9. The molecule has 2 atom stereocenters. The standard InChI is InChI=1S/C32H33N9O4S/c33-21-3-1-2-4-22(21)37-32-38-23(26(30(34)43)31-39-36-16-41(31)32)13-17-5-6-18(19-7-8-35-27(17)19)20-15-46-29-24(42)14-25(45-28(20)29)40-9-11-44-12-10-40/h5-8,14-16,21-22,35H,1-4,9-13,33H2,(H2,34,43)(H,37,38)/p+1/t21-,22+/m1/s1. The molecule has 0 spiro atoms. The van der Waals surface area contributed by atoms with Gasteiger partial charge in [0.1, 0.15) is 22.6 Å². The van der Waals surface area contributed by atoms with Crippen molar-refractivity contribution in [2.24, 2.45) is 5.73 Å². The lowest BCUT2D eigenvalue weighted by Crippen LogP contribution is -2.68. The molecule has 46 heavy (non-hydrogen) atoms. The fourth-order valence-electron chi connectivity index (χ4n) is 6.81. The first-order chi connectivity index (χ1) is 22.5. The van der Waals surface area contributed by atoms with Crippen LogP contribution in [0.25, 0.3) is 38.0 Å². The van der Waals surface area contributed by atoms with E-state index in [9.17, 15) is 9.59 Å². The van der Waals surface area contributed by atoms with Crippen molar-refractivity contribution < 1.29 is 19.7 Å². The number of H-pyrrole nitrogens is 1. The highest BCUT2D eigenvalue weighted by atomic mass is 32.1. The summed E-state index contributed by atoms with van der Waals surface area (Å²) in [6, 6.07) is 8.03. The molecular weight excluding hydrogens is 606 g/mol. The molecule has 2 fully saturated rings. The lowest BCUT2D eigenvalue weighted by molar-refractivity contribution is -0.427. The first-order valence-electron chi connectivity index (χ1n) is 15.6. The Morgan fingerprint density at radius 1 is 1.17 bits per heavy atom. The number of thiophene rings is 1. The van der Waals surface area contributed by atoms with Crippen LogP contribution >= 0.6 is 11.3 Å². The summed E-state index contributed by atoms with van der Waals surface area (Å²) in [6.07, 6.45) is 8.08. The zero-order chi connectivity index (χ0) is 31.4. The molecule has 7 N–H and O–H groups in total. The van der Waals surface area contributed by atoms with Gasteiger partial charge in [-0.2, -0.15) is 0 Å². The Bertz CT molecular complexity index is 2160. The average molecular weight is 641 g/mol. The van der Waals surface area contributed by atoms with Crippen molar-refractivity contribution in [1.82, 2.24) is 24.6 Å². The van der Waals surface area contributed by atoms with Gasteiger partial charge in [-0.05, 0) is 30.0 Å². The maximum atomic E-state index is 13.1. The van der Waals surface area contributed by atoms with Gasteiger partial charge in [-0.1, -0.05) is 18.6 Å². The molecular formula is C32H34N9O4S+. The number of fused-ring (bicyclic) bond motifs is 3. The van der Waals surface area contributed by atoms with Gasteiger partial charge in [0.15, 0.2) is 17.1 Å². The van der Waals surface area contributed by atoms with Gasteiger partial charge in [-0.3, -0.25) is 14.0 Å². The van der Waals surface area contributed by atoms with Gasteiger partial charge < -0.3 is 35.8 Å². The van der Waals surface area contributed by atoms with Crippen molar-refractivity contribution in [3.8, 4) is 11.1 Å². The Labute approximate surface area is 266 Å². The van der Waals surface area contributed by atoms with Crippen LogP contribution in [0.15, 0.2) is 51.4 Å². The second kappa shape index (κ2) is 11.5. The Morgan fingerprint density at radius 2 is 2.02 bits per heavy atom. The number of hydrogen-bond acceptors (Lipinski definition) is 10. The molecule has 14 heteroatoms. The van der Waals surface area contributed by atoms with Crippen LogP contribution in [-0.4, -0.2) is 68.9 Å². The Balaban J connectivity index is 1.20. The molecule has 236 valence electrons. The first-order valence-corrected chi connectivity index (χ1v) is 16.4. The number of rotatable bonds is 7. The van der Waals surface area contributed by atoms with E-state index in [4.69, 9.17) is 19.9 Å². The van der Waals surface area contributed by atoms with Crippen molar-refractivity contribution in [3.05, 3.63) is 69.2 Å². The number of aromatic amines is 1. The van der Waals surface area contributed by atoms with Gasteiger partial charge in [-0.15, -0.1) is 21.5 Å². The molecule has 6 aromatic rings. The molecule has 8 rings (SSSR count). The van der Waals surface area contributed by atoms with Crippen LogP contribution in [0.3, 0.4) is 0 Å². The Hall–Kier alpha value is -4.79. The number of nitrogens with two attached hydrogens (primary N) is 1. The zero-order valence-corrected chi connectivity index (χ0v) is 25.9. The molecule has 1 saturated carbocycles. The third-order valence-electron chi connectivity index (χ3n) is 9.21. The van der Waals surface area contributed by atoms with Crippen LogP contribution < -0.4 is 27.1 Å². The topological polar surface area (TPSA) is 184 Å². The highest BCUT2D eigenvalue weighted by molar-refractivity contribution is 7.17. The average Bonchev–Trinajstić information content (AvgIpc) is 3.83. The summed E-state index contributed by atoms with van der Waals surface area (Å²) in [5.74, 6) is 0.504. The lowest BCUT2D eigenvalue weighted by Gasteiger charge is -2.27. The van der Waals surface area contributed by atoms with E-state index in [-0.39, 0.29) is 23.1 Å². The van der Waals surface area contributed by atoms with Gasteiger partial charge >= 0.3 is 0 Å². The van der Waals surface area contributed by atoms with E-state index in [1.165, 1.54) is 11.3 Å². The number of carbonyl (C=O) groups excluding carboxylic acids is 1. The SMILES string of the molecule is NC(=O)c1c(Cc2ccc(-c3csc4c(=O)cc(N5CCOCC5)oc34)c3cc[nH]c23)nc(N[C@H]2CCCC[C@H]2[NH3+])n2cnnc12. The summed E-state index contributed by atoms with van der Waals surface area (Å²) >= 11 is 1.38. The van der Waals surface area contributed by atoms with Gasteiger partial charge in [0.2, 0.25) is 11.4 Å². The number of anilines is 2. The second-order valence-electron chi connectivity index (χ2n) is 12.0. The molecule has 6 heterocycles. The number of ether oxygens (including phenoxy) is 1. The van der Waals surface area contributed by atoms with Crippen molar-refractivity contribution in [1.29, 1.82) is 0 Å². The van der Waals surface area contributed by atoms with Crippen molar-refractivity contribution >= 4 is 55.9 Å². The molecule has 13 nitrogen and oxygen atoms in total. The number of aromatic nitrogens is 5. The molecule has 2 aliphatic rings. The molecule has 1 aromatic carbocycles. The summed E-state index contributed by atoms with van der Waals surface area (Å²) < 4.78 is 14.2. The Morgan fingerprint density at radius 3 is 2.85 bits per heavy atom. The van der Waals surface area contributed by atoms with Gasteiger partial charge in [0, 0.05) is 60.0 Å². The largest absolute Gasteiger partial charge is 0.439 e. The third kappa shape index (κ3) is 4.89. The maximum absolute atomic E-state index is 13.1. The fraction of sp³-hybridized carbons (Fsp3) is 0.344. The highest BCUT2D eigenvalue weighted by Gasteiger charge is 2.28. The number of morpholine rings is 1. The monoisotopic (exact) mass is 640 g/mol. The molecule has 0 bridgehead atoms. The number of primary amides is 1. The lowest BCUT2D eigenvalue weighted by atomic mass is 9.91. The quantitative estimate of drug-likeness (QED) is 0.204. The van der Waals surface area contributed by atoms with Crippen LogP contribution in [0.1, 0.15) is 47.3 Å². The summed E-state index contributed by atoms with van der Waals surface area (Å²) in [7, 11) is 0. The number of amides is 1. The van der Waals surface area contributed by atoms with E-state index in [2.05, 4.69) is 26.2 Å². The minimum atomic E-state index is -0.616. The van der Waals surface area contributed by atoms with Crippen LogP contribution in [0.4, 0.5) is 11.8 Å². The number of benzene rings is 1. The van der Waals surface area contributed by atoms with E-state index >= 15 is 0 Å². The van der Waals surface area contributed by atoms with E-state index in [1.54, 1.807) is 16.8 Å². The maximum Gasteiger partial charge on any atom is 0.254 e. The molecule has 1 aliphatic carbocycles. The summed E-state index contributed by atoms with van der Waals surface area (Å²) in [5.41, 5.74) is 15.5. The van der Waals surface area contributed by atoms with Crippen molar-refractivity contribution in [2.45, 2.75) is 44.2 Å². The van der Waals surface area contributed by atoms with E-state index in [0.29, 0.717) is 66.2 Å². The van der Waals surface area contributed by atoms with Crippen LogP contribution in [0.2, 0.25) is 0 Å².